The predicted octanol–water partition coefficient (Wildman–Crippen LogP) is 2.30. The largest absolute Gasteiger partial charge is 0.346 e. The van der Waals surface area contributed by atoms with E-state index < -0.39 is 0 Å². The van der Waals surface area contributed by atoms with Crippen molar-refractivity contribution in [1.82, 2.24) is 15.1 Å². The molecule has 0 aromatic heterocycles. The average Bonchev–Trinajstić information content (AvgIpc) is 2.90. The third kappa shape index (κ3) is 6.72. The Hall–Kier alpha value is -0.0300. The van der Waals surface area contributed by atoms with E-state index in [2.05, 4.69) is 17.3 Å². The molecule has 6 heteroatoms. The maximum atomic E-state index is 12.1. The highest BCUT2D eigenvalue weighted by molar-refractivity contribution is 5.85. The summed E-state index contributed by atoms with van der Waals surface area (Å²) in [5, 5.41) is 3.40. The number of carbonyl (C=O) groups is 1. The highest BCUT2D eigenvalue weighted by atomic mass is 35.5. The van der Waals surface area contributed by atoms with Crippen molar-refractivity contribution in [3.63, 3.8) is 0 Å². The summed E-state index contributed by atoms with van der Waals surface area (Å²) in [6, 6.07) is 1.10. The summed E-state index contributed by atoms with van der Waals surface area (Å²) in [6.45, 7) is 3.20. The first-order valence-electron chi connectivity index (χ1n) is 7.84. The van der Waals surface area contributed by atoms with Gasteiger partial charge in [-0.2, -0.15) is 0 Å². The van der Waals surface area contributed by atoms with Crippen LogP contribution in [-0.2, 0) is 4.79 Å². The quantitative estimate of drug-likeness (QED) is 0.834. The number of nitrogens with zero attached hydrogens (tertiary/aromatic N) is 2. The van der Waals surface area contributed by atoms with Gasteiger partial charge in [0.05, 0.1) is 0 Å². The minimum atomic E-state index is 0. The average molecular weight is 340 g/mol. The van der Waals surface area contributed by atoms with Gasteiger partial charge in [-0.1, -0.05) is 6.42 Å². The highest BCUT2D eigenvalue weighted by Crippen LogP contribution is 2.18. The zero-order valence-electron chi connectivity index (χ0n) is 13.3. The van der Waals surface area contributed by atoms with Crippen molar-refractivity contribution in [3.05, 3.63) is 0 Å². The second-order valence-corrected chi connectivity index (χ2v) is 6.23. The molecule has 2 unspecified atom stereocenters. The lowest BCUT2D eigenvalue weighted by Gasteiger charge is -2.33. The minimum Gasteiger partial charge on any atom is -0.346 e. The number of piperidine rings is 1. The van der Waals surface area contributed by atoms with Gasteiger partial charge in [0.25, 0.3) is 0 Å². The first kappa shape index (κ1) is 21.0. The fourth-order valence-corrected chi connectivity index (χ4v) is 3.27. The lowest BCUT2D eigenvalue weighted by Crippen LogP contribution is -2.40. The molecular formula is C15H31Cl2N3O. The zero-order valence-corrected chi connectivity index (χ0v) is 15.0. The van der Waals surface area contributed by atoms with Gasteiger partial charge >= 0.3 is 0 Å². The van der Waals surface area contributed by atoms with Gasteiger partial charge in [-0.3, -0.25) is 4.79 Å². The first-order valence-corrected chi connectivity index (χ1v) is 7.84. The van der Waals surface area contributed by atoms with Gasteiger partial charge < -0.3 is 15.1 Å². The Bertz CT molecular complexity index is 299. The van der Waals surface area contributed by atoms with Crippen molar-refractivity contribution in [3.8, 4) is 0 Å². The van der Waals surface area contributed by atoms with E-state index in [0.717, 1.165) is 25.9 Å². The number of rotatable bonds is 5. The van der Waals surface area contributed by atoms with Crippen LogP contribution in [0.4, 0.5) is 0 Å². The van der Waals surface area contributed by atoms with E-state index in [9.17, 15) is 4.79 Å². The second-order valence-electron chi connectivity index (χ2n) is 6.23. The van der Waals surface area contributed by atoms with E-state index in [4.69, 9.17) is 0 Å². The van der Waals surface area contributed by atoms with E-state index in [1.54, 1.807) is 0 Å². The monoisotopic (exact) mass is 339 g/mol. The standard InChI is InChI=1S/C15H29N3O.2ClH/c1-17-10-4-3-7-14(17)8-11-18(2)15(19)12-13-6-5-9-16-13;;/h13-14,16H,3-12H2,1-2H3;2*1H. The van der Waals surface area contributed by atoms with Crippen LogP contribution < -0.4 is 5.32 Å². The Kier molecular flexibility index (Phi) is 10.6. The van der Waals surface area contributed by atoms with Crippen LogP contribution in [0.2, 0.25) is 0 Å². The second kappa shape index (κ2) is 10.7. The summed E-state index contributed by atoms with van der Waals surface area (Å²) in [5.74, 6) is 0.304. The fourth-order valence-electron chi connectivity index (χ4n) is 3.27. The van der Waals surface area contributed by atoms with Gasteiger partial charge in [0.2, 0.25) is 5.91 Å². The number of halogens is 2. The van der Waals surface area contributed by atoms with E-state index in [1.807, 2.05) is 11.9 Å². The van der Waals surface area contributed by atoms with Crippen molar-refractivity contribution in [1.29, 1.82) is 0 Å². The Morgan fingerprint density at radius 1 is 1.24 bits per heavy atom. The number of amides is 1. The molecule has 0 saturated carbocycles. The van der Waals surface area contributed by atoms with Crippen LogP contribution in [0, 0.1) is 0 Å². The first-order chi connectivity index (χ1) is 9.16. The Morgan fingerprint density at radius 2 is 2.00 bits per heavy atom. The van der Waals surface area contributed by atoms with Gasteiger partial charge in [-0.25, -0.2) is 0 Å². The van der Waals surface area contributed by atoms with Crippen LogP contribution in [0.15, 0.2) is 0 Å². The number of nitrogens with one attached hydrogen (secondary N) is 1. The van der Waals surface area contributed by atoms with Crippen LogP contribution in [-0.4, -0.2) is 61.5 Å². The zero-order chi connectivity index (χ0) is 13.7. The SMILES string of the molecule is CN(CCC1CCCCN1C)C(=O)CC1CCCN1.Cl.Cl. The summed E-state index contributed by atoms with van der Waals surface area (Å²) in [4.78, 5) is 16.5. The lowest BCUT2D eigenvalue weighted by atomic mass is 10.00. The molecule has 4 nitrogen and oxygen atoms in total. The van der Waals surface area contributed by atoms with Gasteiger partial charge in [0, 0.05) is 32.1 Å². The Morgan fingerprint density at radius 3 is 2.62 bits per heavy atom. The molecule has 0 aromatic rings. The van der Waals surface area contributed by atoms with E-state index in [1.165, 1.54) is 32.2 Å². The van der Waals surface area contributed by atoms with E-state index in [-0.39, 0.29) is 24.8 Å². The predicted molar refractivity (Wildman–Crippen MR) is 92.7 cm³/mol. The molecule has 0 aromatic carbocycles. The third-order valence-corrected chi connectivity index (χ3v) is 4.73. The van der Waals surface area contributed by atoms with Crippen molar-refractivity contribution < 1.29 is 4.79 Å². The molecule has 0 bridgehead atoms. The van der Waals surface area contributed by atoms with Gasteiger partial charge in [0.1, 0.15) is 0 Å². The number of hydrogen-bond donors (Lipinski definition) is 1. The number of carbonyl (C=O) groups excluding carboxylic acids is 1. The molecule has 2 atom stereocenters. The van der Waals surface area contributed by atoms with Crippen LogP contribution in [0.3, 0.4) is 0 Å². The molecule has 2 fully saturated rings. The highest BCUT2D eigenvalue weighted by Gasteiger charge is 2.22. The summed E-state index contributed by atoms with van der Waals surface area (Å²) in [7, 11) is 4.17. The molecule has 0 spiro atoms. The van der Waals surface area contributed by atoms with E-state index >= 15 is 0 Å². The lowest BCUT2D eigenvalue weighted by molar-refractivity contribution is -0.130. The van der Waals surface area contributed by atoms with Crippen molar-refractivity contribution >= 4 is 30.7 Å². The van der Waals surface area contributed by atoms with Gasteiger partial charge in [-0.05, 0) is 52.2 Å². The third-order valence-electron chi connectivity index (χ3n) is 4.73. The Balaban J connectivity index is 0.00000200. The molecular weight excluding hydrogens is 309 g/mol. The molecule has 21 heavy (non-hydrogen) atoms. The summed E-state index contributed by atoms with van der Waals surface area (Å²) < 4.78 is 0. The molecule has 2 aliphatic rings. The summed E-state index contributed by atoms with van der Waals surface area (Å²) in [5.41, 5.74) is 0. The fraction of sp³-hybridized carbons (Fsp3) is 0.933. The van der Waals surface area contributed by atoms with Crippen molar-refractivity contribution in [2.75, 3.05) is 33.7 Å². The van der Waals surface area contributed by atoms with Crippen molar-refractivity contribution in [2.45, 2.75) is 57.0 Å². The number of likely N-dealkylation sites (tertiary alicyclic amines) is 1. The smallest absolute Gasteiger partial charge is 0.223 e. The molecule has 2 rings (SSSR count). The van der Waals surface area contributed by atoms with Crippen LogP contribution in [0.5, 0.6) is 0 Å². The molecule has 2 saturated heterocycles. The van der Waals surface area contributed by atoms with Gasteiger partial charge in [0.15, 0.2) is 0 Å². The normalized spacial score (nSPS) is 25.8. The molecule has 0 aliphatic carbocycles. The summed E-state index contributed by atoms with van der Waals surface area (Å²) >= 11 is 0. The topological polar surface area (TPSA) is 35.6 Å². The molecule has 0 radical (unpaired) electrons. The van der Waals surface area contributed by atoms with E-state index in [0.29, 0.717) is 24.4 Å². The van der Waals surface area contributed by atoms with Crippen LogP contribution in [0.1, 0.15) is 44.9 Å². The molecule has 2 aliphatic heterocycles. The molecule has 126 valence electrons. The van der Waals surface area contributed by atoms with Crippen molar-refractivity contribution in [2.24, 2.45) is 0 Å². The minimum absolute atomic E-state index is 0. The molecule has 1 N–H and O–H groups in total. The number of hydrogen-bond acceptors (Lipinski definition) is 3. The van der Waals surface area contributed by atoms with Crippen LogP contribution in [0.25, 0.3) is 0 Å². The maximum Gasteiger partial charge on any atom is 0.223 e. The Labute approximate surface area is 141 Å². The maximum absolute atomic E-state index is 12.1. The van der Waals surface area contributed by atoms with Gasteiger partial charge in [-0.15, -0.1) is 24.8 Å². The summed E-state index contributed by atoms with van der Waals surface area (Å²) in [6.07, 6.45) is 8.14. The van der Waals surface area contributed by atoms with Crippen LogP contribution >= 0.6 is 24.8 Å². The molecule has 2 heterocycles. The molecule has 1 amide bonds.